The molecule has 4 nitrogen and oxygen atoms in total. The zero-order valence-corrected chi connectivity index (χ0v) is 11.4. The molecule has 0 fully saturated rings. The molecule has 0 spiro atoms. The van der Waals surface area contributed by atoms with Crippen molar-refractivity contribution in [3.8, 4) is 5.75 Å². The summed E-state index contributed by atoms with van der Waals surface area (Å²) in [6.07, 6.45) is 0.0951. The fourth-order valence-electron chi connectivity index (χ4n) is 1.64. The Morgan fingerprint density at radius 3 is 2.44 bits per heavy atom. The molecular formula is C14H23NO3. The first kappa shape index (κ1) is 15.0. The number of benzene rings is 1. The highest BCUT2D eigenvalue weighted by Crippen LogP contribution is 2.11. The van der Waals surface area contributed by atoms with Gasteiger partial charge in [-0.3, -0.25) is 0 Å². The van der Waals surface area contributed by atoms with Crippen LogP contribution in [0.15, 0.2) is 24.3 Å². The van der Waals surface area contributed by atoms with Crippen LogP contribution in [0.3, 0.4) is 0 Å². The van der Waals surface area contributed by atoms with Crippen LogP contribution in [0.1, 0.15) is 12.5 Å². The van der Waals surface area contributed by atoms with Gasteiger partial charge in [-0.15, -0.1) is 0 Å². The van der Waals surface area contributed by atoms with E-state index in [1.807, 2.05) is 19.1 Å². The maximum absolute atomic E-state index is 5.40. The Hall–Kier alpha value is -1.10. The van der Waals surface area contributed by atoms with E-state index in [9.17, 15) is 0 Å². The minimum atomic E-state index is 0.0951. The lowest BCUT2D eigenvalue weighted by Gasteiger charge is -2.15. The largest absolute Gasteiger partial charge is 0.494 e. The second kappa shape index (κ2) is 8.91. The number of nitrogens with one attached hydrogen (secondary N) is 1. The van der Waals surface area contributed by atoms with Crippen LogP contribution >= 0.6 is 0 Å². The van der Waals surface area contributed by atoms with E-state index in [1.165, 1.54) is 5.56 Å². The van der Waals surface area contributed by atoms with E-state index in [1.54, 1.807) is 14.2 Å². The molecule has 4 heteroatoms. The Bertz CT molecular complexity index is 313. The first-order chi connectivity index (χ1) is 8.80. The molecule has 18 heavy (non-hydrogen) atoms. The van der Waals surface area contributed by atoms with Gasteiger partial charge in [0.05, 0.1) is 19.3 Å². The van der Waals surface area contributed by atoms with Gasteiger partial charge in [-0.25, -0.2) is 0 Å². The van der Waals surface area contributed by atoms with Gasteiger partial charge in [0, 0.05) is 27.3 Å². The molecule has 0 saturated carbocycles. The molecule has 0 aliphatic heterocycles. The molecule has 1 aromatic carbocycles. The molecule has 1 aromatic rings. The Kier molecular flexibility index (Phi) is 7.41. The van der Waals surface area contributed by atoms with E-state index in [4.69, 9.17) is 14.2 Å². The van der Waals surface area contributed by atoms with Crippen molar-refractivity contribution < 1.29 is 14.2 Å². The van der Waals surface area contributed by atoms with E-state index in [0.29, 0.717) is 13.2 Å². The fourth-order valence-corrected chi connectivity index (χ4v) is 1.64. The lowest BCUT2D eigenvalue weighted by Crippen LogP contribution is -2.31. The number of methoxy groups -OCH3 is 2. The molecule has 0 aliphatic rings. The predicted molar refractivity (Wildman–Crippen MR) is 72.0 cm³/mol. The van der Waals surface area contributed by atoms with Crippen LogP contribution in [0.2, 0.25) is 0 Å². The van der Waals surface area contributed by atoms with Crippen LogP contribution in [0.25, 0.3) is 0 Å². The maximum Gasteiger partial charge on any atom is 0.119 e. The van der Waals surface area contributed by atoms with Gasteiger partial charge in [0.15, 0.2) is 0 Å². The first-order valence-electron chi connectivity index (χ1n) is 6.24. The number of ether oxygens (including phenoxy) is 3. The molecule has 1 rings (SSSR count). The normalized spacial score (nSPS) is 12.4. The van der Waals surface area contributed by atoms with Gasteiger partial charge in [0.25, 0.3) is 0 Å². The van der Waals surface area contributed by atoms with Crippen molar-refractivity contribution in [2.45, 2.75) is 19.6 Å². The summed E-state index contributed by atoms with van der Waals surface area (Å²) in [6, 6.07) is 8.11. The number of rotatable bonds is 9. The number of hydrogen-bond donors (Lipinski definition) is 1. The highest BCUT2D eigenvalue weighted by atomic mass is 16.5. The van der Waals surface area contributed by atoms with Crippen LogP contribution in [0.4, 0.5) is 0 Å². The van der Waals surface area contributed by atoms with Crippen LogP contribution in [-0.2, 0) is 16.0 Å². The molecule has 0 saturated heterocycles. The third-order valence-electron chi connectivity index (χ3n) is 2.62. The lowest BCUT2D eigenvalue weighted by atomic mass is 10.2. The minimum Gasteiger partial charge on any atom is -0.494 e. The lowest BCUT2D eigenvalue weighted by molar-refractivity contribution is 0.0288. The number of hydrogen-bond acceptors (Lipinski definition) is 4. The average Bonchev–Trinajstić information content (AvgIpc) is 2.40. The summed E-state index contributed by atoms with van der Waals surface area (Å²) >= 11 is 0. The summed E-state index contributed by atoms with van der Waals surface area (Å²) in [5.74, 6) is 0.912. The molecule has 0 bridgehead atoms. The summed E-state index contributed by atoms with van der Waals surface area (Å²) in [4.78, 5) is 0. The monoisotopic (exact) mass is 253 g/mol. The maximum atomic E-state index is 5.40. The summed E-state index contributed by atoms with van der Waals surface area (Å²) in [5, 5.41) is 3.34. The van der Waals surface area contributed by atoms with E-state index in [-0.39, 0.29) is 6.10 Å². The predicted octanol–water partition coefficient (Wildman–Crippen LogP) is 1.84. The quantitative estimate of drug-likeness (QED) is 0.729. The van der Waals surface area contributed by atoms with E-state index in [0.717, 1.165) is 18.8 Å². The van der Waals surface area contributed by atoms with Gasteiger partial charge in [-0.05, 0) is 24.6 Å². The third-order valence-corrected chi connectivity index (χ3v) is 2.62. The van der Waals surface area contributed by atoms with Crippen molar-refractivity contribution in [1.29, 1.82) is 0 Å². The minimum absolute atomic E-state index is 0.0951. The SMILES string of the molecule is CCOc1ccc(CNCC(COC)OC)cc1. The second-order valence-electron chi connectivity index (χ2n) is 4.02. The average molecular weight is 253 g/mol. The Morgan fingerprint density at radius 1 is 1.17 bits per heavy atom. The molecule has 1 unspecified atom stereocenters. The van der Waals surface area contributed by atoms with Crippen molar-refractivity contribution in [3.05, 3.63) is 29.8 Å². The fraction of sp³-hybridized carbons (Fsp3) is 0.571. The Balaban J connectivity index is 2.30. The molecule has 0 heterocycles. The van der Waals surface area contributed by atoms with Crippen molar-refractivity contribution in [3.63, 3.8) is 0 Å². The van der Waals surface area contributed by atoms with Crippen molar-refractivity contribution in [1.82, 2.24) is 5.32 Å². The van der Waals surface area contributed by atoms with Crippen LogP contribution in [0.5, 0.6) is 5.75 Å². The second-order valence-corrected chi connectivity index (χ2v) is 4.02. The van der Waals surface area contributed by atoms with Crippen molar-refractivity contribution in [2.75, 3.05) is 34.0 Å². The van der Waals surface area contributed by atoms with Gasteiger partial charge in [0.2, 0.25) is 0 Å². The molecule has 102 valence electrons. The Morgan fingerprint density at radius 2 is 1.89 bits per heavy atom. The summed E-state index contributed by atoms with van der Waals surface area (Å²) in [7, 11) is 3.38. The standard InChI is InChI=1S/C14H23NO3/c1-4-18-13-7-5-12(6-8-13)9-15-10-14(17-3)11-16-2/h5-8,14-15H,4,9-11H2,1-3H3. The van der Waals surface area contributed by atoms with Crippen LogP contribution in [-0.4, -0.2) is 40.1 Å². The molecule has 0 aromatic heterocycles. The molecule has 0 radical (unpaired) electrons. The highest BCUT2D eigenvalue weighted by molar-refractivity contribution is 5.27. The topological polar surface area (TPSA) is 39.7 Å². The van der Waals surface area contributed by atoms with Crippen molar-refractivity contribution in [2.24, 2.45) is 0 Å². The van der Waals surface area contributed by atoms with Gasteiger partial charge >= 0.3 is 0 Å². The van der Waals surface area contributed by atoms with Gasteiger partial charge in [-0.1, -0.05) is 12.1 Å². The van der Waals surface area contributed by atoms with Crippen LogP contribution in [0, 0.1) is 0 Å². The van der Waals surface area contributed by atoms with Gasteiger partial charge in [0.1, 0.15) is 5.75 Å². The highest BCUT2D eigenvalue weighted by Gasteiger charge is 2.05. The van der Waals surface area contributed by atoms with Gasteiger partial charge < -0.3 is 19.5 Å². The third kappa shape index (κ3) is 5.49. The van der Waals surface area contributed by atoms with Crippen molar-refractivity contribution >= 4 is 0 Å². The van der Waals surface area contributed by atoms with E-state index >= 15 is 0 Å². The molecule has 0 aliphatic carbocycles. The zero-order chi connectivity index (χ0) is 13.2. The van der Waals surface area contributed by atoms with E-state index < -0.39 is 0 Å². The smallest absolute Gasteiger partial charge is 0.119 e. The summed E-state index contributed by atoms with van der Waals surface area (Å²) in [5.41, 5.74) is 1.23. The summed E-state index contributed by atoms with van der Waals surface area (Å²) < 4.78 is 15.7. The van der Waals surface area contributed by atoms with Gasteiger partial charge in [-0.2, -0.15) is 0 Å². The van der Waals surface area contributed by atoms with E-state index in [2.05, 4.69) is 17.4 Å². The zero-order valence-electron chi connectivity index (χ0n) is 11.4. The molecule has 1 N–H and O–H groups in total. The molecule has 1 atom stereocenters. The molecule has 0 amide bonds. The summed E-state index contributed by atoms with van der Waals surface area (Å²) in [6.45, 7) is 4.88. The first-order valence-corrected chi connectivity index (χ1v) is 6.24. The van der Waals surface area contributed by atoms with Crippen LogP contribution < -0.4 is 10.1 Å². The Labute approximate surface area is 109 Å². The molecular weight excluding hydrogens is 230 g/mol.